The van der Waals surface area contributed by atoms with Gasteiger partial charge >= 0.3 is 5.97 Å². The molecule has 1 saturated carbocycles. The van der Waals surface area contributed by atoms with Gasteiger partial charge in [0, 0.05) is 18.3 Å². The molecule has 1 fully saturated rings. The Kier molecular flexibility index (Phi) is 5.01. The largest absolute Gasteiger partial charge is 0.478 e. The van der Waals surface area contributed by atoms with Crippen molar-refractivity contribution in [2.45, 2.75) is 32.1 Å². The van der Waals surface area contributed by atoms with Crippen LogP contribution in [0.25, 0.3) is 6.08 Å². The lowest BCUT2D eigenvalue weighted by Crippen LogP contribution is -2.16. The van der Waals surface area contributed by atoms with Crippen molar-refractivity contribution < 1.29 is 9.90 Å². The van der Waals surface area contributed by atoms with E-state index >= 15 is 0 Å². The van der Waals surface area contributed by atoms with Crippen LogP contribution in [0.1, 0.15) is 37.7 Å². The van der Waals surface area contributed by atoms with Crippen LogP contribution in [0.5, 0.6) is 0 Å². The van der Waals surface area contributed by atoms with Gasteiger partial charge in [-0.25, -0.2) is 4.79 Å². The number of carbonyl (C=O) groups is 1. The molecular weight excluding hydrogens is 238 g/mol. The standard InChI is InChI=1S/C16H21NO2/c18-16(19)11-8-13-6-9-15(10-7-13)17-12-14-4-2-1-3-5-14/h6-11,14,17H,1-5,12H2,(H,18,19)/b11-8+. The number of nitrogens with one attached hydrogen (secondary N) is 1. The lowest BCUT2D eigenvalue weighted by atomic mass is 9.89. The van der Waals surface area contributed by atoms with Gasteiger partial charge in [0.1, 0.15) is 0 Å². The van der Waals surface area contributed by atoms with Crippen LogP contribution in [0.15, 0.2) is 30.3 Å². The highest BCUT2D eigenvalue weighted by Crippen LogP contribution is 2.24. The van der Waals surface area contributed by atoms with Gasteiger partial charge in [-0.1, -0.05) is 31.4 Å². The van der Waals surface area contributed by atoms with Crippen molar-refractivity contribution in [1.29, 1.82) is 0 Å². The molecule has 1 aromatic carbocycles. The van der Waals surface area contributed by atoms with Crippen molar-refractivity contribution in [2.24, 2.45) is 5.92 Å². The zero-order valence-electron chi connectivity index (χ0n) is 11.1. The molecule has 0 saturated heterocycles. The van der Waals surface area contributed by atoms with Gasteiger partial charge in [-0.2, -0.15) is 0 Å². The van der Waals surface area contributed by atoms with E-state index in [2.05, 4.69) is 5.32 Å². The highest BCUT2D eigenvalue weighted by Gasteiger charge is 2.12. The van der Waals surface area contributed by atoms with Crippen LogP contribution < -0.4 is 5.32 Å². The number of hydrogen-bond acceptors (Lipinski definition) is 2. The van der Waals surface area contributed by atoms with Crippen LogP contribution in [-0.2, 0) is 4.79 Å². The fourth-order valence-corrected chi connectivity index (χ4v) is 2.53. The van der Waals surface area contributed by atoms with E-state index in [9.17, 15) is 4.79 Å². The molecule has 19 heavy (non-hydrogen) atoms. The van der Waals surface area contributed by atoms with Crippen molar-refractivity contribution in [1.82, 2.24) is 0 Å². The first-order valence-electron chi connectivity index (χ1n) is 6.99. The molecule has 1 aliphatic carbocycles. The third kappa shape index (κ3) is 4.78. The normalized spacial score (nSPS) is 16.6. The number of carboxylic acid groups (broad SMARTS) is 1. The van der Waals surface area contributed by atoms with Gasteiger partial charge < -0.3 is 10.4 Å². The first-order chi connectivity index (χ1) is 9.24. The summed E-state index contributed by atoms with van der Waals surface area (Å²) in [4.78, 5) is 10.4. The third-order valence-corrected chi connectivity index (χ3v) is 3.65. The molecule has 0 bridgehead atoms. The lowest BCUT2D eigenvalue weighted by molar-refractivity contribution is -0.131. The summed E-state index contributed by atoms with van der Waals surface area (Å²) < 4.78 is 0. The maximum atomic E-state index is 10.4. The molecular formula is C16H21NO2. The minimum atomic E-state index is -0.917. The maximum Gasteiger partial charge on any atom is 0.328 e. The zero-order valence-corrected chi connectivity index (χ0v) is 11.1. The number of benzene rings is 1. The van der Waals surface area contributed by atoms with Gasteiger partial charge in [0.05, 0.1) is 0 Å². The highest BCUT2D eigenvalue weighted by molar-refractivity contribution is 5.85. The Labute approximate surface area is 114 Å². The summed E-state index contributed by atoms with van der Waals surface area (Å²) in [6.07, 6.45) is 9.56. The predicted molar refractivity (Wildman–Crippen MR) is 78.2 cm³/mol. The summed E-state index contributed by atoms with van der Waals surface area (Å²) >= 11 is 0. The van der Waals surface area contributed by atoms with Gasteiger partial charge in [0.25, 0.3) is 0 Å². The second-order valence-electron chi connectivity index (χ2n) is 5.18. The smallest absolute Gasteiger partial charge is 0.328 e. The van der Waals surface area contributed by atoms with Crippen LogP contribution in [0.3, 0.4) is 0 Å². The summed E-state index contributed by atoms with van der Waals surface area (Å²) in [7, 11) is 0. The van der Waals surface area contributed by atoms with E-state index in [1.165, 1.54) is 32.1 Å². The van der Waals surface area contributed by atoms with Crippen molar-refractivity contribution >= 4 is 17.7 Å². The highest BCUT2D eigenvalue weighted by atomic mass is 16.4. The maximum absolute atomic E-state index is 10.4. The van der Waals surface area contributed by atoms with Crippen molar-refractivity contribution in [3.05, 3.63) is 35.9 Å². The SMILES string of the molecule is O=C(O)/C=C/c1ccc(NCC2CCCCC2)cc1. The van der Waals surface area contributed by atoms with Crippen molar-refractivity contribution in [3.8, 4) is 0 Å². The van der Waals surface area contributed by atoms with E-state index < -0.39 is 5.97 Å². The molecule has 0 spiro atoms. The fourth-order valence-electron chi connectivity index (χ4n) is 2.53. The first kappa shape index (κ1) is 13.7. The van der Waals surface area contributed by atoms with Gasteiger partial charge in [-0.05, 0) is 42.5 Å². The molecule has 0 unspecified atom stereocenters. The summed E-state index contributed by atoms with van der Waals surface area (Å²) in [6, 6.07) is 7.87. The molecule has 0 heterocycles. The second-order valence-corrected chi connectivity index (χ2v) is 5.18. The van der Waals surface area contributed by atoms with Crippen LogP contribution in [0, 0.1) is 5.92 Å². The minimum Gasteiger partial charge on any atom is -0.478 e. The predicted octanol–water partition coefficient (Wildman–Crippen LogP) is 3.78. The summed E-state index contributed by atoms with van der Waals surface area (Å²) in [5.74, 6) is -0.111. The quantitative estimate of drug-likeness (QED) is 0.791. The van der Waals surface area contributed by atoms with Crippen LogP contribution >= 0.6 is 0 Å². The number of rotatable bonds is 5. The van der Waals surface area contributed by atoms with E-state index in [1.54, 1.807) is 6.08 Å². The topological polar surface area (TPSA) is 49.3 Å². The Morgan fingerprint density at radius 3 is 2.53 bits per heavy atom. The average Bonchev–Trinajstić information content (AvgIpc) is 2.45. The van der Waals surface area contributed by atoms with E-state index in [1.807, 2.05) is 24.3 Å². The third-order valence-electron chi connectivity index (χ3n) is 3.65. The molecule has 2 N–H and O–H groups in total. The number of hydrogen-bond donors (Lipinski definition) is 2. The molecule has 3 heteroatoms. The molecule has 1 aromatic rings. The molecule has 0 aromatic heterocycles. The Bertz CT molecular complexity index is 431. The summed E-state index contributed by atoms with van der Waals surface area (Å²) in [6.45, 7) is 1.05. The van der Waals surface area contributed by atoms with Crippen LogP contribution in [0.4, 0.5) is 5.69 Å². The number of carboxylic acids is 1. The number of aliphatic carboxylic acids is 1. The number of anilines is 1. The molecule has 0 aliphatic heterocycles. The van der Waals surface area contributed by atoms with Gasteiger partial charge in [0.15, 0.2) is 0 Å². The van der Waals surface area contributed by atoms with E-state index in [-0.39, 0.29) is 0 Å². The average molecular weight is 259 g/mol. The second kappa shape index (κ2) is 6.98. The Morgan fingerprint density at radius 2 is 1.89 bits per heavy atom. The van der Waals surface area contributed by atoms with E-state index in [0.29, 0.717) is 0 Å². The lowest BCUT2D eigenvalue weighted by Gasteiger charge is -2.22. The Balaban J connectivity index is 1.82. The molecule has 102 valence electrons. The van der Waals surface area contributed by atoms with Crippen LogP contribution in [0.2, 0.25) is 0 Å². The van der Waals surface area contributed by atoms with Gasteiger partial charge in [-0.15, -0.1) is 0 Å². The molecule has 0 atom stereocenters. The van der Waals surface area contributed by atoms with Crippen molar-refractivity contribution in [2.75, 3.05) is 11.9 Å². The zero-order chi connectivity index (χ0) is 13.5. The monoisotopic (exact) mass is 259 g/mol. The molecule has 0 amide bonds. The molecule has 2 rings (SSSR count). The van der Waals surface area contributed by atoms with E-state index in [0.717, 1.165) is 29.8 Å². The molecule has 0 radical (unpaired) electrons. The molecule has 1 aliphatic rings. The molecule has 3 nitrogen and oxygen atoms in total. The Hall–Kier alpha value is -1.77. The fraction of sp³-hybridized carbons (Fsp3) is 0.438. The summed E-state index contributed by atoms with van der Waals surface area (Å²) in [5, 5.41) is 12.0. The summed E-state index contributed by atoms with van der Waals surface area (Å²) in [5.41, 5.74) is 2.02. The van der Waals surface area contributed by atoms with Crippen LogP contribution in [-0.4, -0.2) is 17.6 Å². The van der Waals surface area contributed by atoms with Crippen molar-refractivity contribution in [3.63, 3.8) is 0 Å². The Morgan fingerprint density at radius 1 is 1.21 bits per heavy atom. The minimum absolute atomic E-state index is 0.806. The van der Waals surface area contributed by atoms with Gasteiger partial charge in [0.2, 0.25) is 0 Å². The van der Waals surface area contributed by atoms with Gasteiger partial charge in [-0.3, -0.25) is 0 Å². The first-order valence-corrected chi connectivity index (χ1v) is 6.99. The van der Waals surface area contributed by atoms with E-state index in [4.69, 9.17) is 5.11 Å².